The predicted octanol–water partition coefficient (Wildman–Crippen LogP) is 1.71. The van der Waals surface area contributed by atoms with Crippen LogP contribution in [0.2, 0.25) is 0 Å². The van der Waals surface area contributed by atoms with Crippen LogP contribution in [0.5, 0.6) is 5.75 Å². The molecule has 1 unspecified atom stereocenters. The normalized spacial score (nSPS) is 12.3. The number of carbonyl (C=O) groups excluding carboxylic acids is 1. The molecule has 2 aromatic rings. The Hall–Kier alpha value is -2.24. The zero-order chi connectivity index (χ0) is 14.7. The molecule has 0 radical (unpaired) electrons. The number of carbonyl (C=O) groups is 1. The van der Waals surface area contributed by atoms with Gasteiger partial charge >= 0.3 is 0 Å². The monoisotopic (exact) mass is 276 g/mol. The number of benzene rings is 1. The molecule has 20 heavy (non-hydrogen) atoms. The minimum absolute atomic E-state index is 0.0614. The van der Waals surface area contributed by atoms with Gasteiger partial charge in [-0.2, -0.15) is 0 Å². The number of nitrogens with two attached hydrogens (primary N) is 1. The Morgan fingerprint density at radius 1 is 1.55 bits per heavy atom. The van der Waals surface area contributed by atoms with Crippen molar-refractivity contribution >= 4 is 22.9 Å². The number of hydrogen-bond acceptors (Lipinski definition) is 4. The highest BCUT2D eigenvalue weighted by atomic mass is 16.5. The second kappa shape index (κ2) is 5.81. The summed E-state index contributed by atoms with van der Waals surface area (Å²) in [5, 5.41) is 2.87. The lowest BCUT2D eigenvalue weighted by atomic mass is 10.2. The van der Waals surface area contributed by atoms with Crippen molar-refractivity contribution in [3.05, 3.63) is 18.2 Å². The van der Waals surface area contributed by atoms with Crippen LogP contribution in [-0.2, 0) is 4.79 Å². The zero-order valence-corrected chi connectivity index (χ0v) is 12.0. The first-order valence-electron chi connectivity index (χ1n) is 6.67. The molecular weight excluding hydrogens is 256 g/mol. The Morgan fingerprint density at radius 3 is 2.95 bits per heavy atom. The van der Waals surface area contributed by atoms with Gasteiger partial charge in [-0.15, -0.1) is 0 Å². The molecule has 108 valence electrons. The third kappa shape index (κ3) is 2.54. The van der Waals surface area contributed by atoms with Crippen molar-refractivity contribution in [3.8, 4) is 5.75 Å². The molecule has 6 nitrogen and oxygen atoms in total. The fraction of sp³-hybridized carbons (Fsp3) is 0.429. The molecule has 0 bridgehead atoms. The van der Waals surface area contributed by atoms with E-state index in [1.165, 1.54) is 0 Å². The SMILES string of the molecule is CCCNC(=O)C(C)n1c(N)nc2cc(OC)ccc21. The smallest absolute Gasteiger partial charge is 0.242 e. The summed E-state index contributed by atoms with van der Waals surface area (Å²) in [6.45, 7) is 4.48. The lowest BCUT2D eigenvalue weighted by molar-refractivity contribution is -0.123. The van der Waals surface area contributed by atoms with Gasteiger partial charge < -0.3 is 15.8 Å². The van der Waals surface area contributed by atoms with Crippen molar-refractivity contribution in [2.24, 2.45) is 0 Å². The summed E-state index contributed by atoms with van der Waals surface area (Å²) in [5.74, 6) is 0.978. The third-order valence-electron chi connectivity index (χ3n) is 3.24. The summed E-state index contributed by atoms with van der Waals surface area (Å²) in [5.41, 5.74) is 7.48. The fourth-order valence-corrected chi connectivity index (χ4v) is 2.14. The maximum absolute atomic E-state index is 12.1. The first kappa shape index (κ1) is 14.2. The average molecular weight is 276 g/mol. The van der Waals surface area contributed by atoms with E-state index in [4.69, 9.17) is 10.5 Å². The maximum atomic E-state index is 12.1. The Labute approximate surface area is 117 Å². The van der Waals surface area contributed by atoms with Gasteiger partial charge in [0.15, 0.2) is 0 Å². The summed E-state index contributed by atoms with van der Waals surface area (Å²) >= 11 is 0. The van der Waals surface area contributed by atoms with E-state index in [9.17, 15) is 4.79 Å². The van der Waals surface area contributed by atoms with E-state index >= 15 is 0 Å². The molecule has 0 aliphatic heterocycles. The van der Waals surface area contributed by atoms with E-state index in [0.717, 1.165) is 17.5 Å². The number of hydrogen-bond donors (Lipinski definition) is 2. The minimum Gasteiger partial charge on any atom is -0.497 e. The van der Waals surface area contributed by atoms with Crippen molar-refractivity contribution in [3.63, 3.8) is 0 Å². The fourth-order valence-electron chi connectivity index (χ4n) is 2.14. The summed E-state index contributed by atoms with van der Waals surface area (Å²) < 4.78 is 6.90. The molecule has 6 heteroatoms. The number of nitrogen functional groups attached to an aromatic ring is 1. The Balaban J connectivity index is 2.38. The van der Waals surface area contributed by atoms with Crippen LogP contribution in [0.15, 0.2) is 18.2 Å². The van der Waals surface area contributed by atoms with Gasteiger partial charge in [0.1, 0.15) is 11.8 Å². The highest BCUT2D eigenvalue weighted by Gasteiger charge is 2.20. The highest BCUT2D eigenvalue weighted by molar-refractivity contribution is 5.86. The number of ether oxygens (including phenoxy) is 1. The van der Waals surface area contributed by atoms with Crippen LogP contribution in [0.1, 0.15) is 26.3 Å². The van der Waals surface area contributed by atoms with E-state index in [1.807, 2.05) is 26.0 Å². The number of fused-ring (bicyclic) bond motifs is 1. The number of amides is 1. The van der Waals surface area contributed by atoms with Gasteiger partial charge in [0, 0.05) is 12.6 Å². The van der Waals surface area contributed by atoms with Gasteiger partial charge in [0.25, 0.3) is 0 Å². The van der Waals surface area contributed by atoms with Gasteiger partial charge in [-0.3, -0.25) is 9.36 Å². The van der Waals surface area contributed by atoms with Crippen molar-refractivity contribution < 1.29 is 9.53 Å². The van der Waals surface area contributed by atoms with Gasteiger partial charge in [0.05, 0.1) is 18.1 Å². The largest absolute Gasteiger partial charge is 0.497 e. The number of anilines is 1. The first-order chi connectivity index (χ1) is 9.58. The van der Waals surface area contributed by atoms with Crippen LogP contribution in [0, 0.1) is 0 Å². The van der Waals surface area contributed by atoms with Crippen LogP contribution in [0.4, 0.5) is 5.95 Å². The van der Waals surface area contributed by atoms with Gasteiger partial charge in [0.2, 0.25) is 11.9 Å². The van der Waals surface area contributed by atoms with Crippen molar-refractivity contribution in [2.45, 2.75) is 26.3 Å². The van der Waals surface area contributed by atoms with E-state index in [-0.39, 0.29) is 5.91 Å². The average Bonchev–Trinajstić information content (AvgIpc) is 2.78. The summed E-state index contributed by atoms with van der Waals surface area (Å²) in [4.78, 5) is 16.4. The van der Waals surface area contributed by atoms with Crippen LogP contribution < -0.4 is 15.8 Å². The highest BCUT2D eigenvalue weighted by Crippen LogP contribution is 2.26. The molecule has 2 rings (SSSR count). The summed E-state index contributed by atoms with van der Waals surface area (Å²) in [7, 11) is 1.60. The molecule has 0 saturated carbocycles. The Bertz CT molecular complexity index is 621. The number of imidazole rings is 1. The third-order valence-corrected chi connectivity index (χ3v) is 3.24. The van der Waals surface area contributed by atoms with Crippen LogP contribution in [-0.4, -0.2) is 29.1 Å². The van der Waals surface area contributed by atoms with Gasteiger partial charge in [-0.1, -0.05) is 6.92 Å². The summed E-state index contributed by atoms with van der Waals surface area (Å²) in [6.07, 6.45) is 0.899. The molecule has 1 aromatic heterocycles. The van der Waals surface area contributed by atoms with E-state index in [0.29, 0.717) is 18.2 Å². The summed E-state index contributed by atoms with van der Waals surface area (Å²) in [6, 6.07) is 5.09. The number of nitrogens with one attached hydrogen (secondary N) is 1. The minimum atomic E-state index is -0.403. The molecule has 1 aromatic carbocycles. The van der Waals surface area contributed by atoms with Crippen molar-refractivity contribution in [1.29, 1.82) is 0 Å². The van der Waals surface area contributed by atoms with Gasteiger partial charge in [-0.05, 0) is 25.5 Å². The van der Waals surface area contributed by atoms with Crippen LogP contribution in [0.25, 0.3) is 11.0 Å². The topological polar surface area (TPSA) is 82.2 Å². The molecule has 1 heterocycles. The first-order valence-corrected chi connectivity index (χ1v) is 6.67. The zero-order valence-electron chi connectivity index (χ0n) is 12.0. The molecule has 0 fully saturated rings. The standard InChI is InChI=1S/C14H20N4O2/c1-4-7-16-13(19)9(2)18-12-6-5-10(20-3)8-11(12)17-14(18)15/h5-6,8-9H,4,7H2,1-3H3,(H2,15,17)(H,16,19). The number of aromatic nitrogens is 2. The molecule has 3 N–H and O–H groups in total. The molecule has 1 amide bonds. The number of methoxy groups -OCH3 is 1. The lowest BCUT2D eigenvalue weighted by Crippen LogP contribution is -2.31. The van der Waals surface area contributed by atoms with E-state index in [2.05, 4.69) is 10.3 Å². The number of nitrogens with zero attached hydrogens (tertiary/aromatic N) is 2. The second-order valence-corrected chi connectivity index (χ2v) is 4.66. The molecule has 1 atom stereocenters. The second-order valence-electron chi connectivity index (χ2n) is 4.66. The van der Waals surface area contributed by atoms with Gasteiger partial charge in [-0.25, -0.2) is 4.98 Å². The quantitative estimate of drug-likeness (QED) is 0.871. The van der Waals surface area contributed by atoms with Crippen molar-refractivity contribution in [2.75, 3.05) is 19.4 Å². The van der Waals surface area contributed by atoms with Crippen LogP contribution >= 0.6 is 0 Å². The molecule has 0 aliphatic carbocycles. The lowest BCUT2D eigenvalue weighted by Gasteiger charge is -2.15. The molecule has 0 aliphatic rings. The van der Waals surface area contributed by atoms with E-state index in [1.54, 1.807) is 17.7 Å². The Morgan fingerprint density at radius 2 is 2.30 bits per heavy atom. The van der Waals surface area contributed by atoms with Crippen LogP contribution in [0.3, 0.4) is 0 Å². The maximum Gasteiger partial charge on any atom is 0.242 e. The predicted molar refractivity (Wildman–Crippen MR) is 78.7 cm³/mol. The Kier molecular flexibility index (Phi) is 4.12. The van der Waals surface area contributed by atoms with Crippen molar-refractivity contribution in [1.82, 2.24) is 14.9 Å². The molecular formula is C14H20N4O2. The number of rotatable bonds is 5. The van der Waals surface area contributed by atoms with E-state index < -0.39 is 6.04 Å². The molecule has 0 saturated heterocycles. The molecule has 0 spiro atoms.